The molecule has 2 N–H and O–H groups in total. The van der Waals surface area contributed by atoms with Gasteiger partial charge in [-0.2, -0.15) is 11.8 Å². The Labute approximate surface area is 147 Å². The Hall–Kier alpha value is 0.0500. The van der Waals surface area contributed by atoms with Crippen molar-refractivity contribution in [1.82, 2.24) is 10.6 Å². The number of nitrogens with zero attached hydrogens (tertiary/aromatic N) is 1. The Balaban J connectivity index is 0.00000200. The molecule has 1 saturated heterocycles. The summed E-state index contributed by atoms with van der Waals surface area (Å²) in [7, 11) is 1.84. The molecular weight excluding hydrogens is 401 g/mol. The minimum atomic E-state index is 0. The molecule has 2 rings (SSSR count). The monoisotopic (exact) mass is 425 g/mol. The molecule has 1 unspecified atom stereocenters. The normalized spacial score (nSPS) is 18.7. The third-order valence-electron chi connectivity index (χ3n) is 3.24. The van der Waals surface area contributed by atoms with Crippen molar-refractivity contribution in [1.29, 1.82) is 0 Å². The molecule has 0 amide bonds. The van der Waals surface area contributed by atoms with Crippen LogP contribution in [0.1, 0.15) is 29.5 Å². The molecule has 1 aromatic heterocycles. The van der Waals surface area contributed by atoms with E-state index in [0.29, 0.717) is 0 Å². The highest BCUT2D eigenvalue weighted by molar-refractivity contribution is 14.0. The van der Waals surface area contributed by atoms with Crippen LogP contribution < -0.4 is 10.6 Å². The first-order valence-corrected chi connectivity index (χ1v) is 8.82. The summed E-state index contributed by atoms with van der Waals surface area (Å²) >= 11 is 3.95. The van der Waals surface area contributed by atoms with Crippen LogP contribution in [0.2, 0.25) is 0 Å². The SMILES string of the molecule is CCc1ccc(CNC(=NC)NCC2CCCS2)s1.I. The van der Waals surface area contributed by atoms with Crippen LogP contribution in [-0.2, 0) is 13.0 Å². The first-order valence-electron chi connectivity index (χ1n) is 6.95. The molecule has 1 aliphatic rings. The van der Waals surface area contributed by atoms with Crippen molar-refractivity contribution in [2.45, 2.75) is 38.0 Å². The zero-order chi connectivity index (χ0) is 13.5. The summed E-state index contributed by atoms with van der Waals surface area (Å²) in [4.78, 5) is 7.10. The lowest BCUT2D eigenvalue weighted by molar-refractivity contribution is 0.727. The van der Waals surface area contributed by atoms with Gasteiger partial charge in [-0.15, -0.1) is 35.3 Å². The number of rotatable bonds is 5. The Morgan fingerprint density at radius 1 is 1.35 bits per heavy atom. The van der Waals surface area contributed by atoms with E-state index in [4.69, 9.17) is 0 Å². The smallest absolute Gasteiger partial charge is 0.191 e. The van der Waals surface area contributed by atoms with E-state index in [1.54, 1.807) is 0 Å². The van der Waals surface area contributed by atoms with Gasteiger partial charge in [0.15, 0.2) is 5.96 Å². The van der Waals surface area contributed by atoms with Crippen molar-refractivity contribution in [3.8, 4) is 0 Å². The van der Waals surface area contributed by atoms with E-state index < -0.39 is 0 Å². The lowest BCUT2D eigenvalue weighted by atomic mass is 10.2. The average Bonchev–Trinajstić information content (AvgIpc) is 3.10. The molecule has 114 valence electrons. The molecule has 2 heterocycles. The Morgan fingerprint density at radius 3 is 2.75 bits per heavy atom. The molecule has 0 aromatic carbocycles. The van der Waals surface area contributed by atoms with Crippen LogP contribution >= 0.6 is 47.1 Å². The number of nitrogens with one attached hydrogen (secondary N) is 2. The maximum absolute atomic E-state index is 4.28. The molecule has 0 aliphatic carbocycles. The second-order valence-corrected chi connectivity index (χ2v) is 7.32. The van der Waals surface area contributed by atoms with E-state index >= 15 is 0 Å². The molecule has 0 radical (unpaired) electrons. The number of halogens is 1. The van der Waals surface area contributed by atoms with Crippen molar-refractivity contribution in [2.75, 3.05) is 19.3 Å². The third-order valence-corrected chi connectivity index (χ3v) is 5.87. The predicted molar refractivity (Wildman–Crippen MR) is 103 cm³/mol. The minimum Gasteiger partial charge on any atom is -0.355 e. The molecule has 3 nitrogen and oxygen atoms in total. The van der Waals surface area contributed by atoms with Crippen molar-refractivity contribution in [2.24, 2.45) is 4.99 Å². The van der Waals surface area contributed by atoms with Crippen LogP contribution in [0.5, 0.6) is 0 Å². The predicted octanol–water partition coefficient (Wildman–Crippen LogP) is 3.49. The van der Waals surface area contributed by atoms with Crippen molar-refractivity contribution in [3.63, 3.8) is 0 Å². The number of aliphatic imine (C=N–C) groups is 1. The van der Waals surface area contributed by atoms with Crippen LogP contribution in [0.25, 0.3) is 0 Å². The van der Waals surface area contributed by atoms with E-state index in [-0.39, 0.29) is 24.0 Å². The number of hydrogen-bond acceptors (Lipinski definition) is 3. The third kappa shape index (κ3) is 5.81. The van der Waals surface area contributed by atoms with Gasteiger partial charge in [-0.1, -0.05) is 6.92 Å². The van der Waals surface area contributed by atoms with E-state index in [0.717, 1.165) is 30.7 Å². The molecule has 1 aliphatic heterocycles. The number of thioether (sulfide) groups is 1. The zero-order valence-corrected chi connectivity index (χ0v) is 16.1. The van der Waals surface area contributed by atoms with Crippen molar-refractivity contribution >= 4 is 53.0 Å². The van der Waals surface area contributed by atoms with Gasteiger partial charge in [0.05, 0.1) is 6.54 Å². The van der Waals surface area contributed by atoms with Gasteiger partial charge in [0, 0.05) is 28.6 Å². The molecule has 0 spiro atoms. The first kappa shape index (κ1) is 18.1. The lowest BCUT2D eigenvalue weighted by Gasteiger charge is -2.14. The summed E-state index contributed by atoms with van der Waals surface area (Å²) in [5.41, 5.74) is 0. The number of hydrogen-bond donors (Lipinski definition) is 2. The highest BCUT2D eigenvalue weighted by Gasteiger charge is 2.15. The fourth-order valence-corrected chi connectivity index (χ4v) is 4.21. The van der Waals surface area contributed by atoms with Gasteiger partial charge in [-0.05, 0) is 37.1 Å². The maximum atomic E-state index is 4.28. The maximum Gasteiger partial charge on any atom is 0.191 e. The van der Waals surface area contributed by atoms with Gasteiger partial charge in [-0.25, -0.2) is 0 Å². The summed E-state index contributed by atoms with van der Waals surface area (Å²) in [6, 6.07) is 4.42. The number of guanidine groups is 1. The largest absolute Gasteiger partial charge is 0.355 e. The quantitative estimate of drug-likeness (QED) is 0.431. The number of thiophene rings is 1. The zero-order valence-electron chi connectivity index (χ0n) is 12.1. The second kappa shape index (κ2) is 9.89. The Morgan fingerprint density at radius 2 is 2.15 bits per heavy atom. The molecule has 6 heteroatoms. The van der Waals surface area contributed by atoms with Gasteiger partial charge in [0.1, 0.15) is 0 Å². The summed E-state index contributed by atoms with van der Waals surface area (Å²) in [5.74, 6) is 2.23. The molecular formula is C14H24IN3S2. The Bertz CT molecular complexity index is 414. The van der Waals surface area contributed by atoms with Crippen LogP contribution in [0.4, 0.5) is 0 Å². The summed E-state index contributed by atoms with van der Waals surface area (Å²) in [6.45, 7) is 4.08. The minimum absolute atomic E-state index is 0. The Kier molecular flexibility index (Phi) is 8.95. The van der Waals surface area contributed by atoms with Gasteiger partial charge < -0.3 is 10.6 Å². The average molecular weight is 425 g/mol. The van der Waals surface area contributed by atoms with Gasteiger partial charge >= 0.3 is 0 Å². The second-order valence-electron chi connectivity index (χ2n) is 4.66. The molecule has 0 bridgehead atoms. The van der Waals surface area contributed by atoms with E-state index in [1.807, 2.05) is 18.4 Å². The highest BCUT2D eigenvalue weighted by atomic mass is 127. The molecule has 1 atom stereocenters. The topological polar surface area (TPSA) is 36.4 Å². The molecule has 1 fully saturated rings. The standard InChI is InChI=1S/C14H23N3S2.HI/c1-3-11-6-7-13(19-11)10-17-14(15-2)16-9-12-5-4-8-18-12;/h6-7,12H,3-5,8-10H2,1-2H3,(H2,15,16,17);1H. The van der Waals surface area contributed by atoms with E-state index in [1.165, 1.54) is 28.3 Å². The van der Waals surface area contributed by atoms with Crippen LogP contribution in [0, 0.1) is 0 Å². The highest BCUT2D eigenvalue weighted by Crippen LogP contribution is 2.25. The van der Waals surface area contributed by atoms with Crippen LogP contribution in [0.15, 0.2) is 17.1 Å². The van der Waals surface area contributed by atoms with Gasteiger partial charge in [0.2, 0.25) is 0 Å². The van der Waals surface area contributed by atoms with Gasteiger partial charge in [0.25, 0.3) is 0 Å². The first-order chi connectivity index (χ1) is 9.31. The van der Waals surface area contributed by atoms with Crippen LogP contribution in [-0.4, -0.2) is 30.6 Å². The fraction of sp³-hybridized carbons (Fsp3) is 0.643. The molecule has 1 aromatic rings. The van der Waals surface area contributed by atoms with Crippen molar-refractivity contribution < 1.29 is 0 Å². The summed E-state index contributed by atoms with van der Waals surface area (Å²) in [5, 5.41) is 7.57. The van der Waals surface area contributed by atoms with Crippen molar-refractivity contribution in [3.05, 3.63) is 21.9 Å². The fourth-order valence-electron chi connectivity index (χ4n) is 2.11. The molecule has 20 heavy (non-hydrogen) atoms. The van der Waals surface area contributed by atoms with Gasteiger partial charge in [-0.3, -0.25) is 4.99 Å². The molecule has 0 saturated carbocycles. The number of aryl methyl sites for hydroxylation is 1. The van der Waals surface area contributed by atoms with E-state index in [2.05, 4.69) is 46.4 Å². The summed E-state index contributed by atoms with van der Waals surface area (Å²) < 4.78 is 0. The van der Waals surface area contributed by atoms with Crippen LogP contribution in [0.3, 0.4) is 0 Å². The lowest BCUT2D eigenvalue weighted by Crippen LogP contribution is -2.39. The summed E-state index contributed by atoms with van der Waals surface area (Å²) in [6.07, 6.45) is 3.81. The van der Waals surface area contributed by atoms with E-state index in [9.17, 15) is 0 Å².